The molecule has 1 aromatic heterocycles. The van der Waals surface area contributed by atoms with Gasteiger partial charge in [-0.3, -0.25) is 0 Å². The Balaban J connectivity index is 1.97. The maximum absolute atomic E-state index is 6.05. The fourth-order valence-corrected chi connectivity index (χ4v) is 3.50. The smallest absolute Gasteiger partial charge is 0.135 e. The molecule has 0 spiro atoms. The highest BCUT2D eigenvalue weighted by Gasteiger charge is 2.63. The quantitative estimate of drug-likeness (QED) is 0.644. The number of hydrogen-bond acceptors (Lipinski definition) is 1. The van der Waals surface area contributed by atoms with E-state index < -0.39 is 0 Å². The van der Waals surface area contributed by atoms with E-state index >= 15 is 0 Å². The molecule has 2 heterocycles. The molecule has 1 aliphatic carbocycles. The fourth-order valence-electron chi connectivity index (χ4n) is 3.50. The molecule has 0 aromatic carbocycles. The summed E-state index contributed by atoms with van der Waals surface area (Å²) in [7, 11) is 2.12. The van der Waals surface area contributed by atoms with Gasteiger partial charge in [0.15, 0.2) is 0 Å². The average molecular weight is 205 g/mol. The summed E-state index contributed by atoms with van der Waals surface area (Å²) in [6.45, 7) is 4.67. The van der Waals surface area contributed by atoms with Crippen LogP contribution in [0.1, 0.15) is 32.4 Å². The van der Waals surface area contributed by atoms with Crippen LogP contribution in [0.2, 0.25) is 0 Å². The van der Waals surface area contributed by atoms with Crippen LogP contribution in [0.5, 0.6) is 0 Å². The van der Waals surface area contributed by atoms with Crippen molar-refractivity contribution in [1.82, 2.24) is 4.57 Å². The third kappa shape index (κ3) is 1.21. The van der Waals surface area contributed by atoms with E-state index in [4.69, 9.17) is 4.74 Å². The second-order valence-electron chi connectivity index (χ2n) is 5.45. The Morgan fingerprint density at radius 3 is 2.93 bits per heavy atom. The zero-order chi connectivity index (χ0) is 10.6. The Morgan fingerprint density at radius 2 is 2.27 bits per heavy atom. The molecule has 4 unspecified atom stereocenters. The van der Waals surface area contributed by atoms with E-state index in [0.717, 1.165) is 5.92 Å². The van der Waals surface area contributed by atoms with Crippen molar-refractivity contribution >= 4 is 0 Å². The first kappa shape index (κ1) is 9.46. The van der Waals surface area contributed by atoms with Gasteiger partial charge < -0.3 is 9.30 Å². The SMILES string of the molecule is CC1CC(C)C2OC2(c2cccn2C)C1. The molecule has 1 saturated heterocycles. The molecule has 0 N–H and O–H groups in total. The number of aromatic nitrogens is 1. The molecular weight excluding hydrogens is 186 g/mol. The van der Waals surface area contributed by atoms with Crippen molar-refractivity contribution in [3.63, 3.8) is 0 Å². The molecule has 1 aromatic rings. The van der Waals surface area contributed by atoms with E-state index in [2.05, 4.69) is 43.8 Å². The molecule has 1 aliphatic heterocycles. The summed E-state index contributed by atoms with van der Waals surface area (Å²) in [5.74, 6) is 1.50. The molecule has 0 amide bonds. The first-order chi connectivity index (χ1) is 7.13. The van der Waals surface area contributed by atoms with Gasteiger partial charge in [0.1, 0.15) is 5.60 Å². The van der Waals surface area contributed by atoms with Crippen LogP contribution in [0, 0.1) is 11.8 Å². The summed E-state index contributed by atoms with van der Waals surface area (Å²) in [6.07, 6.45) is 5.10. The summed E-state index contributed by atoms with van der Waals surface area (Å²) in [4.78, 5) is 0. The van der Waals surface area contributed by atoms with Crippen molar-refractivity contribution in [2.45, 2.75) is 38.4 Å². The first-order valence-corrected chi connectivity index (χ1v) is 5.93. The molecule has 15 heavy (non-hydrogen) atoms. The molecule has 0 bridgehead atoms. The number of rotatable bonds is 1. The van der Waals surface area contributed by atoms with Gasteiger partial charge in [0.25, 0.3) is 0 Å². The second-order valence-corrected chi connectivity index (χ2v) is 5.45. The van der Waals surface area contributed by atoms with Crippen LogP contribution in [0.15, 0.2) is 18.3 Å². The zero-order valence-corrected chi connectivity index (χ0v) is 9.73. The predicted molar refractivity (Wildman–Crippen MR) is 59.5 cm³/mol. The minimum atomic E-state index is 0.0648. The molecule has 2 fully saturated rings. The van der Waals surface area contributed by atoms with E-state index in [1.165, 1.54) is 18.5 Å². The molecule has 4 atom stereocenters. The fraction of sp³-hybridized carbons (Fsp3) is 0.692. The molecule has 0 radical (unpaired) electrons. The third-order valence-corrected chi connectivity index (χ3v) is 4.06. The monoisotopic (exact) mass is 205 g/mol. The lowest BCUT2D eigenvalue weighted by molar-refractivity contribution is 0.252. The predicted octanol–water partition coefficient (Wildman–Crippen LogP) is 2.69. The van der Waals surface area contributed by atoms with Gasteiger partial charge in [-0.15, -0.1) is 0 Å². The number of nitrogens with zero attached hydrogens (tertiary/aromatic N) is 1. The number of aryl methyl sites for hydroxylation is 1. The normalized spacial score (nSPS) is 43.8. The highest BCUT2D eigenvalue weighted by molar-refractivity contribution is 5.26. The van der Waals surface area contributed by atoms with Gasteiger partial charge in [-0.2, -0.15) is 0 Å². The minimum absolute atomic E-state index is 0.0648. The Kier molecular flexibility index (Phi) is 1.82. The molecule has 3 rings (SSSR count). The summed E-state index contributed by atoms with van der Waals surface area (Å²) in [6, 6.07) is 4.33. The number of epoxide rings is 1. The Hall–Kier alpha value is -0.760. The Bertz CT molecular complexity index is 384. The van der Waals surface area contributed by atoms with Gasteiger partial charge in [0, 0.05) is 13.2 Å². The lowest BCUT2D eigenvalue weighted by atomic mass is 9.75. The lowest BCUT2D eigenvalue weighted by Crippen LogP contribution is -2.29. The van der Waals surface area contributed by atoms with Crippen molar-refractivity contribution in [3.05, 3.63) is 24.0 Å². The second kappa shape index (κ2) is 2.88. The van der Waals surface area contributed by atoms with Crippen molar-refractivity contribution in [2.75, 3.05) is 0 Å². The van der Waals surface area contributed by atoms with Crippen LogP contribution in [-0.4, -0.2) is 10.7 Å². The van der Waals surface area contributed by atoms with Crippen LogP contribution in [-0.2, 0) is 17.4 Å². The van der Waals surface area contributed by atoms with E-state index in [0.29, 0.717) is 12.0 Å². The molecular formula is C13H19NO. The highest BCUT2D eigenvalue weighted by atomic mass is 16.6. The summed E-state index contributed by atoms with van der Waals surface area (Å²) in [5, 5.41) is 0. The largest absolute Gasteiger partial charge is 0.359 e. The highest BCUT2D eigenvalue weighted by Crippen LogP contribution is 2.58. The average Bonchev–Trinajstić information content (AvgIpc) is 2.73. The van der Waals surface area contributed by atoms with E-state index in [1.807, 2.05) is 0 Å². The van der Waals surface area contributed by atoms with Gasteiger partial charge in [-0.1, -0.05) is 13.8 Å². The van der Waals surface area contributed by atoms with Gasteiger partial charge in [0.05, 0.1) is 11.8 Å². The van der Waals surface area contributed by atoms with Crippen LogP contribution in [0.25, 0.3) is 0 Å². The standard InChI is InChI=1S/C13H19NO/c1-9-7-10(2)12-13(8-9,15-12)11-5-4-6-14(11)3/h4-6,9-10,12H,7-8H2,1-3H3. The summed E-state index contributed by atoms with van der Waals surface area (Å²) in [5.41, 5.74) is 1.43. The van der Waals surface area contributed by atoms with Crippen LogP contribution in [0.3, 0.4) is 0 Å². The number of ether oxygens (including phenoxy) is 1. The molecule has 2 aliphatic rings. The van der Waals surface area contributed by atoms with Gasteiger partial charge >= 0.3 is 0 Å². The van der Waals surface area contributed by atoms with Crippen molar-refractivity contribution < 1.29 is 4.74 Å². The zero-order valence-electron chi connectivity index (χ0n) is 9.73. The van der Waals surface area contributed by atoms with Crippen molar-refractivity contribution in [1.29, 1.82) is 0 Å². The summed E-state index contributed by atoms with van der Waals surface area (Å²) < 4.78 is 8.27. The van der Waals surface area contributed by atoms with Crippen molar-refractivity contribution in [3.8, 4) is 0 Å². The first-order valence-electron chi connectivity index (χ1n) is 5.93. The topological polar surface area (TPSA) is 17.5 Å². The van der Waals surface area contributed by atoms with Crippen LogP contribution in [0.4, 0.5) is 0 Å². The van der Waals surface area contributed by atoms with Crippen LogP contribution >= 0.6 is 0 Å². The summed E-state index contributed by atoms with van der Waals surface area (Å²) >= 11 is 0. The maximum Gasteiger partial charge on any atom is 0.135 e. The number of fused-ring (bicyclic) bond motifs is 1. The Labute approximate surface area is 91.2 Å². The van der Waals surface area contributed by atoms with E-state index in [1.54, 1.807) is 0 Å². The number of hydrogen-bond donors (Lipinski definition) is 0. The van der Waals surface area contributed by atoms with Crippen molar-refractivity contribution in [2.24, 2.45) is 18.9 Å². The van der Waals surface area contributed by atoms with Gasteiger partial charge in [-0.25, -0.2) is 0 Å². The minimum Gasteiger partial charge on any atom is -0.359 e. The van der Waals surface area contributed by atoms with Crippen LogP contribution < -0.4 is 0 Å². The van der Waals surface area contributed by atoms with Gasteiger partial charge in [0.2, 0.25) is 0 Å². The van der Waals surface area contributed by atoms with E-state index in [9.17, 15) is 0 Å². The maximum atomic E-state index is 6.05. The molecule has 2 nitrogen and oxygen atoms in total. The van der Waals surface area contributed by atoms with Gasteiger partial charge in [-0.05, 0) is 36.8 Å². The lowest BCUT2D eigenvalue weighted by Gasteiger charge is -2.27. The van der Waals surface area contributed by atoms with E-state index in [-0.39, 0.29) is 5.60 Å². The molecule has 2 heteroatoms. The Morgan fingerprint density at radius 1 is 1.47 bits per heavy atom. The third-order valence-electron chi connectivity index (χ3n) is 4.06. The molecule has 1 saturated carbocycles. The molecule has 82 valence electrons.